The molecule has 2 N–H and O–H groups in total. The minimum atomic E-state index is -0.148. The number of hydrogen-bond acceptors (Lipinski definition) is 4. The first-order valence-electron chi connectivity index (χ1n) is 7.66. The molecule has 0 aliphatic heterocycles. The van der Waals surface area contributed by atoms with Gasteiger partial charge in [-0.05, 0) is 36.4 Å². The highest BCUT2D eigenvalue weighted by Crippen LogP contribution is 2.28. The highest BCUT2D eigenvalue weighted by Gasteiger charge is 2.08. The summed E-state index contributed by atoms with van der Waals surface area (Å²) in [6, 6.07) is 20.5. The van der Waals surface area contributed by atoms with Gasteiger partial charge in [0.1, 0.15) is 11.5 Å². The second-order valence-corrected chi connectivity index (χ2v) is 5.14. The fourth-order valence-corrected chi connectivity index (χ4v) is 2.18. The molecule has 0 saturated heterocycles. The molecule has 0 unspecified atom stereocenters. The van der Waals surface area contributed by atoms with Crippen molar-refractivity contribution in [3.05, 3.63) is 78.8 Å². The summed E-state index contributed by atoms with van der Waals surface area (Å²) < 4.78 is 11.0. The molecular formula is C19H18N2O3. The zero-order valence-corrected chi connectivity index (χ0v) is 13.1. The van der Waals surface area contributed by atoms with E-state index in [-0.39, 0.29) is 12.5 Å². The first kappa shape index (κ1) is 15.8. The van der Waals surface area contributed by atoms with Crippen LogP contribution in [0.25, 0.3) is 0 Å². The molecule has 1 amide bonds. The van der Waals surface area contributed by atoms with E-state index in [9.17, 15) is 4.79 Å². The Kier molecular flexibility index (Phi) is 5.27. The Morgan fingerprint density at radius 2 is 1.75 bits per heavy atom. The van der Waals surface area contributed by atoms with Gasteiger partial charge in [-0.15, -0.1) is 0 Å². The molecule has 1 heterocycles. The molecule has 2 aromatic carbocycles. The van der Waals surface area contributed by atoms with Gasteiger partial charge >= 0.3 is 0 Å². The summed E-state index contributed by atoms with van der Waals surface area (Å²) in [7, 11) is 0. The minimum absolute atomic E-state index is 0.148. The van der Waals surface area contributed by atoms with Crippen molar-refractivity contribution in [2.75, 3.05) is 11.9 Å². The summed E-state index contributed by atoms with van der Waals surface area (Å²) in [6.45, 7) is 0.683. The Bertz CT molecular complexity index is 770. The number of carbonyl (C=O) groups is 1. The van der Waals surface area contributed by atoms with Gasteiger partial charge in [0.2, 0.25) is 5.91 Å². The maximum Gasteiger partial charge on any atom is 0.238 e. The van der Waals surface area contributed by atoms with Gasteiger partial charge in [0.15, 0.2) is 5.75 Å². The van der Waals surface area contributed by atoms with E-state index in [0.29, 0.717) is 18.0 Å². The van der Waals surface area contributed by atoms with Crippen LogP contribution in [0, 0.1) is 0 Å². The first-order chi connectivity index (χ1) is 11.8. The summed E-state index contributed by atoms with van der Waals surface area (Å²) >= 11 is 0. The number of ether oxygens (including phenoxy) is 1. The number of para-hydroxylation sites is 3. The molecule has 0 aliphatic rings. The topological polar surface area (TPSA) is 63.5 Å². The van der Waals surface area contributed by atoms with E-state index in [0.717, 1.165) is 11.5 Å². The zero-order chi connectivity index (χ0) is 16.6. The molecule has 24 heavy (non-hydrogen) atoms. The Balaban J connectivity index is 1.57. The zero-order valence-electron chi connectivity index (χ0n) is 13.1. The van der Waals surface area contributed by atoms with Crippen LogP contribution in [0.15, 0.2) is 77.4 Å². The highest BCUT2D eigenvalue weighted by atomic mass is 16.5. The summed E-state index contributed by atoms with van der Waals surface area (Å²) in [4.78, 5) is 12.1. The van der Waals surface area contributed by atoms with Gasteiger partial charge in [-0.1, -0.05) is 30.3 Å². The number of nitrogens with one attached hydrogen (secondary N) is 2. The van der Waals surface area contributed by atoms with E-state index in [2.05, 4.69) is 10.6 Å². The van der Waals surface area contributed by atoms with Crippen LogP contribution in [0.2, 0.25) is 0 Å². The van der Waals surface area contributed by atoms with Gasteiger partial charge < -0.3 is 19.8 Å². The molecule has 3 aromatic rings. The van der Waals surface area contributed by atoms with Crippen LogP contribution >= 0.6 is 0 Å². The molecule has 3 rings (SSSR count). The molecule has 1 aromatic heterocycles. The average Bonchev–Trinajstić information content (AvgIpc) is 3.11. The van der Waals surface area contributed by atoms with Crippen LogP contribution in [-0.2, 0) is 11.3 Å². The molecule has 122 valence electrons. The number of amides is 1. The van der Waals surface area contributed by atoms with Gasteiger partial charge in [0, 0.05) is 0 Å². The van der Waals surface area contributed by atoms with Gasteiger partial charge in [0.25, 0.3) is 0 Å². The SMILES string of the molecule is O=C(CNCc1ccco1)Nc1ccccc1Oc1ccccc1. The molecule has 5 heteroatoms. The van der Waals surface area contributed by atoms with E-state index < -0.39 is 0 Å². The van der Waals surface area contributed by atoms with E-state index in [1.807, 2.05) is 66.7 Å². The van der Waals surface area contributed by atoms with E-state index in [4.69, 9.17) is 9.15 Å². The lowest BCUT2D eigenvalue weighted by Crippen LogP contribution is -2.27. The predicted molar refractivity (Wildman–Crippen MR) is 92.0 cm³/mol. The predicted octanol–water partition coefficient (Wildman–Crippen LogP) is 3.80. The van der Waals surface area contributed by atoms with Crippen molar-refractivity contribution in [3.8, 4) is 11.5 Å². The molecule has 0 radical (unpaired) electrons. The van der Waals surface area contributed by atoms with Crippen molar-refractivity contribution >= 4 is 11.6 Å². The normalized spacial score (nSPS) is 10.3. The first-order valence-corrected chi connectivity index (χ1v) is 7.66. The van der Waals surface area contributed by atoms with Crippen molar-refractivity contribution in [2.45, 2.75) is 6.54 Å². The monoisotopic (exact) mass is 322 g/mol. The summed E-state index contributed by atoms with van der Waals surface area (Å²) in [5, 5.41) is 5.88. The summed E-state index contributed by atoms with van der Waals surface area (Å²) in [6.07, 6.45) is 1.61. The Morgan fingerprint density at radius 1 is 0.958 bits per heavy atom. The smallest absolute Gasteiger partial charge is 0.238 e. The average molecular weight is 322 g/mol. The van der Waals surface area contributed by atoms with Crippen LogP contribution in [0.5, 0.6) is 11.5 Å². The van der Waals surface area contributed by atoms with Crippen LogP contribution < -0.4 is 15.4 Å². The third kappa shape index (κ3) is 4.47. The number of rotatable bonds is 7. The van der Waals surface area contributed by atoms with Gasteiger partial charge in [-0.3, -0.25) is 4.79 Å². The molecule has 0 spiro atoms. The molecule has 0 aliphatic carbocycles. The van der Waals surface area contributed by atoms with Crippen LogP contribution in [0.4, 0.5) is 5.69 Å². The second-order valence-electron chi connectivity index (χ2n) is 5.14. The highest BCUT2D eigenvalue weighted by molar-refractivity contribution is 5.93. The van der Waals surface area contributed by atoms with Gasteiger partial charge in [-0.25, -0.2) is 0 Å². The maximum absolute atomic E-state index is 12.1. The van der Waals surface area contributed by atoms with E-state index in [1.165, 1.54) is 0 Å². The standard InChI is InChI=1S/C19H18N2O3/c22-19(14-20-13-16-9-6-12-23-16)21-17-10-4-5-11-18(17)24-15-7-2-1-3-8-15/h1-12,20H,13-14H2,(H,21,22). The quantitative estimate of drug-likeness (QED) is 0.694. The van der Waals surface area contributed by atoms with Crippen LogP contribution in [0.1, 0.15) is 5.76 Å². The fourth-order valence-electron chi connectivity index (χ4n) is 2.18. The lowest BCUT2D eigenvalue weighted by molar-refractivity contribution is -0.115. The Hall–Kier alpha value is -3.05. The third-order valence-corrected chi connectivity index (χ3v) is 3.30. The largest absolute Gasteiger partial charge is 0.468 e. The van der Waals surface area contributed by atoms with Crippen LogP contribution in [-0.4, -0.2) is 12.5 Å². The van der Waals surface area contributed by atoms with Crippen molar-refractivity contribution in [1.29, 1.82) is 0 Å². The number of hydrogen-bond donors (Lipinski definition) is 2. The number of furan rings is 1. The number of carbonyl (C=O) groups excluding carboxylic acids is 1. The molecule has 5 nitrogen and oxygen atoms in total. The Labute approximate surface area is 140 Å². The summed E-state index contributed by atoms with van der Waals surface area (Å²) in [5.74, 6) is 1.96. The van der Waals surface area contributed by atoms with E-state index in [1.54, 1.807) is 6.26 Å². The minimum Gasteiger partial charge on any atom is -0.468 e. The lowest BCUT2D eigenvalue weighted by atomic mass is 10.3. The number of benzene rings is 2. The number of anilines is 1. The second kappa shape index (κ2) is 7.99. The van der Waals surface area contributed by atoms with Gasteiger partial charge in [0.05, 0.1) is 25.0 Å². The van der Waals surface area contributed by atoms with Crippen molar-refractivity contribution < 1.29 is 13.9 Å². The van der Waals surface area contributed by atoms with Crippen molar-refractivity contribution in [1.82, 2.24) is 5.32 Å². The molecule has 0 saturated carbocycles. The van der Waals surface area contributed by atoms with E-state index >= 15 is 0 Å². The lowest BCUT2D eigenvalue weighted by Gasteiger charge is -2.12. The molecule has 0 bridgehead atoms. The maximum atomic E-state index is 12.1. The van der Waals surface area contributed by atoms with Crippen molar-refractivity contribution in [2.24, 2.45) is 0 Å². The molecule has 0 fully saturated rings. The molecular weight excluding hydrogens is 304 g/mol. The third-order valence-electron chi connectivity index (χ3n) is 3.30. The van der Waals surface area contributed by atoms with Crippen molar-refractivity contribution in [3.63, 3.8) is 0 Å². The van der Waals surface area contributed by atoms with Crippen LogP contribution in [0.3, 0.4) is 0 Å². The summed E-state index contributed by atoms with van der Waals surface area (Å²) in [5.41, 5.74) is 0.631. The Morgan fingerprint density at radius 3 is 2.54 bits per heavy atom. The van der Waals surface area contributed by atoms with Gasteiger partial charge in [-0.2, -0.15) is 0 Å². The fraction of sp³-hybridized carbons (Fsp3) is 0.105. The molecule has 0 atom stereocenters.